The average Bonchev–Trinajstić information content (AvgIpc) is 3.37. The lowest BCUT2D eigenvalue weighted by Gasteiger charge is -2.23. The minimum absolute atomic E-state index is 0.000171. The van der Waals surface area contributed by atoms with Gasteiger partial charge in [0, 0.05) is 28.9 Å². The molecule has 154 valence electrons. The van der Waals surface area contributed by atoms with Crippen LogP contribution >= 0.6 is 0 Å². The summed E-state index contributed by atoms with van der Waals surface area (Å²) < 4.78 is 10.6. The molecule has 2 bridgehead atoms. The molecular weight excluding hydrogens is 384 g/mol. The highest BCUT2D eigenvalue weighted by Gasteiger charge is 2.63. The molecule has 2 aromatic rings. The van der Waals surface area contributed by atoms with Crippen LogP contribution in [0.4, 0.5) is 11.4 Å². The van der Waals surface area contributed by atoms with Crippen LogP contribution in [0, 0.1) is 23.7 Å². The molecule has 0 radical (unpaired) electrons. The number of methoxy groups -OCH3 is 1. The predicted molar refractivity (Wildman–Crippen MR) is 109 cm³/mol. The molecular formula is C23H22N2O5. The summed E-state index contributed by atoms with van der Waals surface area (Å²) in [5.74, 6) is -0.362. The van der Waals surface area contributed by atoms with Gasteiger partial charge in [0.25, 0.3) is 5.91 Å². The largest absolute Gasteiger partial charge is 0.497 e. The lowest BCUT2D eigenvalue weighted by molar-refractivity contribution is -0.145. The summed E-state index contributed by atoms with van der Waals surface area (Å²) in [5, 5.41) is 5.73. The molecule has 2 amide bonds. The van der Waals surface area contributed by atoms with E-state index >= 15 is 0 Å². The number of carbonyl (C=O) groups is 3. The van der Waals surface area contributed by atoms with Gasteiger partial charge in [-0.15, -0.1) is 0 Å². The van der Waals surface area contributed by atoms with Crippen LogP contribution in [-0.2, 0) is 14.3 Å². The Labute approximate surface area is 173 Å². The van der Waals surface area contributed by atoms with Crippen molar-refractivity contribution >= 4 is 29.2 Å². The number of hydrogen-bond acceptors (Lipinski definition) is 5. The average molecular weight is 406 g/mol. The van der Waals surface area contributed by atoms with Crippen molar-refractivity contribution < 1.29 is 23.9 Å². The van der Waals surface area contributed by atoms with E-state index in [4.69, 9.17) is 9.47 Å². The number of esters is 1. The summed E-state index contributed by atoms with van der Waals surface area (Å²) >= 11 is 0. The van der Waals surface area contributed by atoms with Crippen molar-refractivity contribution in [2.75, 3.05) is 17.7 Å². The fourth-order valence-corrected chi connectivity index (χ4v) is 5.23. The summed E-state index contributed by atoms with van der Waals surface area (Å²) in [4.78, 5) is 37.7. The minimum Gasteiger partial charge on any atom is -0.497 e. The Morgan fingerprint density at radius 3 is 2.60 bits per heavy atom. The fraction of sp³-hybridized carbons (Fsp3) is 0.348. The van der Waals surface area contributed by atoms with Crippen molar-refractivity contribution in [3.63, 3.8) is 0 Å². The number of benzene rings is 2. The lowest BCUT2D eigenvalue weighted by Crippen LogP contribution is -2.35. The van der Waals surface area contributed by atoms with Gasteiger partial charge < -0.3 is 20.1 Å². The third-order valence-corrected chi connectivity index (χ3v) is 6.51. The zero-order valence-corrected chi connectivity index (χ0v) is 16.5. The minimum atomic E-state index is -0.351. The van der Waals surface area contributed by atoms with Gasteiger partial charge in [-0.2, -0.15) is 0 Å². The summed E-state index contributed by atoms with van der Waals surface area (Å²) in [7, 11) is 1.56. The van der Waals surface area contributed by atoms with E-state index < -0.39 is 0 Å². The normalized spacial score (nSPS) is 28.2. The first-order valence-electron chi connectivity index (χ1n) is 10.1. The standard InChI is InChI=1S/C23H22N2O5/c1-29-16-7-3-6-15(11-16)24-21(26)12-4-2-5-14(8-12)25-22(27)19-13-9-17-18(10-13)30-23(28)20(17)19/h2-8,11,13,17-20H,9-10H2,1H3,(H,24,26)(H,25,27)/t13-,17-,18-,19-,20-/m1/s1. The second-order valence-corrected chi connectivity index (χ2v) is 8.18. The second-order valence-electron chi connectivity index (χ2n) is 8.18. The van der Waals surface area contributed by atoms with E-state index in [0.717, 1.165) is 12.8 Å². The third-order valence-electron chi connectivity index (χ3n) is 6.51. The maximum absolute atomic E-state index is 12.9. The van der Waals surface area contributed by atoms with E-state index in [2.05, 4.69) is 10.6 Å². The Morgan fingerprint density at radius 1 is 1.03 bits per heavy atom. The fourth-order valence-electron chi connectivity index (χ4n) is 5.23. The van der Waals surface area contributed by atoms with Gasteiger partial charge in [0.2, 0.25) is 5.91 Å². The van der Waals surface area contributed by atoms with Crippen LogP contribution in [0.25, 0.3) is 0 Å². The van der Waals surface area contributed by atoms with E-state index in [1.54, 1.807) is 55.6 Å². The van der Waals surface area contributed by atoms with Crippen LogP contribution in [0.15, 0.2) is 48.5 Å². The quantitative estimate of drug-likeness (QED) is 0.745. The zero-order valence-electron chi connectivity index (χ0n) is 16.5. The number of hydrogen-bond donors (Lipinski definition) is 2. The topological polar surface area (TPSA) is 93.7 Å². The number of rotatable bonds is 5. The molecule has 3 fully saturated rings. The summed E-state index contributed by atoms with van der Waals surface area (Å²) in [6.45, 7) is 0. The van der Waals surface area contributed by atoms with Crippen LogP contribution in [-0.4, -0.2) is 31.0 Å². The monoisotopic (exact) mass is 406 g/mol. The Balaban J connectivity index is 1.29. The first kappa shape index (κ1) is 18.7. The second kappa shape index (κ2) is 7.16. The summed E-state index contributed by atoms with van der Waals surface area (Å²) in [6.07, 6.45) is 1.65. The number of nitrogens with one attached hydrogen (secondary N) is 2. The SMILES string of the molecule is COc1cccc(NC(=O)c2cccc(NC(=O)[C@@H]3[C@@H]4C[C@H]5[C@H]3C(=O)O[C@@H]5C4)c2)c1. The Morgan fingerprint density at radius 2 is 1.80 bits per heavy atom. The van der Waals surface area contributed by atoms with Crippen molar-refractivity contribution in [2.24, 2.45) is 23.7 Å². The van der Waals surface area contributed by atoms with E-state index in [1.165, 1.54) is 0 Å². The zero-order chi connectivity index (χ0) is 20.8. The molecule has 2 aliphatic carbocycles. The van der Waals surface area contributed by atoms with Crippen LogP contribution in [0.2, 0.25) is 0 Å². The molecule has 1 aliphatic heterocycles. The molecule has 0 aromatic heterocycles. The molecule has 3 aliphatic rings. The molecule has 30 heavy (non-hydrogen) atoms. The smallest absolute Gasteiger partial charge is 0.310 e. The van der Waals surface area contributed by atoms with Crippen molar-refractivity contribution in [1.29, 1.82) is 0 Å². The van der Waals surface area contributed by atoms with E-state index in [1.807, 2.05) is 0 Å². The Bertz CT molecular complexity index is 1030. The Hall–Kier alpha value is -3.35. The molecule has 7 nitrogen and oxygen atoms in total. The van der Waals surface area contributed by atoms with E-state index in [-0.39, 0.29) is 47.6 Å². The molecule has 5 atom stereocenters. The molecule has 2 aromatic carbocycles. The van der Waals surface area contributed by atoms with Gasteiger partial charge in [0.1, 0.15) is 11.9 Å². The highest BCUT2D eigenvalue weighted by atomic mass is 16.6. The van der Waals surface area contributed by atoms with Gasteiger partial charge in [-0.25, -0.2) is 0 Å². The molecule has 7 heteroatoms. The number of carbonyl (C=O) groups excluding carboxylic acids is 3. The van der Waals surface area contributed by atoms with Crippen LogP contribution in [0.1, 0.15) is 23.2 Å². The number of fused-ring (bicyclic) bond motifs is 1. The van der Waals surface area contributed by atoms with Gasteiger partial charge >= 0.3 is 5.97 Å². The summed E-state index contributed by atoms with van der Waals surface area (Å²) in [6, 6.07) is 13.9. The van der Waals surface area contributed by atoms with Crippen LogP contribution < -0.4 is 15.4 Å². The molecule has 0 unspecified atom stereocenters. The molecule has 1 heterocycles. The van der Waals surface area contributed by atoms with Crippen molar-refractivity contribution in [3.8, 4) is 5.75 Å². The molecule has 1 saturated heterocycles. The van der Waals surface area contributed by atoms with Gasteiger partial charge in [0.05, 0.1) is 18.9 Å². The van der Waals surface area contributed by atoms with Crippen molar-refractivity contribution in [1.82, 2.24) is 0 Å². The van der Waals surface area contributed by atoms with Gasteiger partial charge in [0.15, 0.2) is 0 Å². The molecule has 0 spiro atoms. The first-order valence-corrected chi connectivity index (χ1v) is 10.1. The molecule has 5 rings (SSSR count). The Kier molecular flexibility index (Phi) is 4.46. The van der Waals surface area contributed by atoms with Crippen LogP contribution in [0.3, 0.4) is 0 Å². The van der Waals surface area contributed by atoms with E-state index in [0.29, 0.717) is 22.7 Å². The highest BCUT2D eigenvalue weighted by molar-refractivity contribution is 6.05. The lowest BCUT2D eigenvalue weighted by atomic mass is 9.79. The number of anilines is 2. The number of ether oxygens (including phenoxy) is 2. The first-order chi connectivity index (χ1) is 14.5. The maximum Gasteiger partial charge on any atom is 0.310 e. The molecule has 2 saturated carbocycles. The van der Waals surface area contributed by atoms with Crippen LogP contribution in [0.5, 0.6) is 5.75 Å². The number of amides is 2. The molecule has 2 N–H and O–H groups in total. The van der Waals surface area contributed by atoms with Crippen molar-refractivity contribution in [3.05, 3.63) is 54.1 Å². The van der Waals surface area contributed by atoms with Crippen molar-refractivity contribution in [2.45, 2.75) is 18.9 Å². The van der Waals surface area contributed by atoms with Gasteiger partial charge in [-0.1, -0.05) is 12.1 Å². The summed E-state index contributed by atoms with van der Waals surface area (Å²) in [5.41, 5.74) is 1.57. The highest BCUT2D eigenvalue weighted by Crippen LogP contribution is 2.57. The predicted octanol–water partition coefficient (Wildman–Crippen LogP) is 3.08. The van der Waals surface area contributed by atoms with Gasteiger partial charge in [-0.3, -0.25) is 14.4 Å². The van der Waals surface area contributed by atoms with Gasteiger partial charge in [-0.05, 0) is 49.1 Å². The maximum atomic E-state index is 12.9. The third kappa shape index (κ3) is 3.10. The van der Waals surface area contributed by atoms with E-state index in [9.17, 15) is 14.4 Å².